The molecule has 0 bridgehead atoms. The first-order valence-electron chi connectivity index (χ1n) is 3.97. The molecule has 0 spiro atoms. The van der Waals surface area contributed by atoms with Gasteiger partial charge in [0.25, 0.3) is 5.91 Å². The van der Waals surface area contributed by atoms with Gasteiger partial charge in [-0.3, -0.25) is 9.59 Å². The Morgan fingerprint density at radius 3 is 2.93 bits per heavy atom. The van der Waals surface area contributed by atoms with Gasteiger partial charge in [0.15, 0.2) is 0 Å². The number of pyridine rings is 1. The Morgan fingerprint density at radius 1 is 1.64 bits per heavy atom. The maximum atomic E-state index is 11.3. The van der Waals surface area contributed by atoms with Gasteiger partial charge in [0, 0.05) is 19.3 Å². The van der Waals surface area contributed by atoms with Crippen LogP contribution in [0.3, 0.4) is 0 Å². The van der Waals surface area contributed by atoms with Crippen LogP contribution in [0.2, 0.25) is 0 Å². The Balaban J connectivity index is 2.87. The van der Waals surface area contributed by atoms with Crippen LogP contribution in [0.4, 0.5) is 0 Å². The van der Waals surface area contributed by atoms with E-state index < -0.39 is 0 Å². The molecule has 14 heavy (non-hydrogen) atoms. The number of carbonyl (C=O) groups excluding carboxylic acids is 1. The maximum absolute atomic E-state index is 11.3. The van der Waals surface area contributed by atoms with E-state index in [4.69, 9.17) is 5.26 Å². The highest BCUT2D eigenvalue weighted by atomic mass is 16.1. The van der Waals surface area contributed by atoms with Gasteiger partial charge in [0.05, 0.1) is 11.6 Å². The van der Waals surface area contributed by atoms with E-state index in [0.29, 0.717) is 5.56 Å². The Kier molecular flexibility index (Phi) is 3.02. The van der Waals surface area contributed by atoms with Crippen LogP contribution in [0, 0.1) is 11.3 Å². The smallest absolute Gasteiger partial charge is 0.253 e. The zero-order chi connectivity index (χ0) is 10.6. The topological polar surface area (TPSA) is 74.9 Å². The van der Waals surface area contributed by atoms with E-state index in [1.807, 2.05) is 0 Å². The van der Waals surface area contributed by atoms with Gasteiger partial charge in [-0.25, -0.2) is 0 Å². The van der Waals surface area contributed by atoms with Gasteiger partial charge >= 0.3 is 0 Å². The van der Waals surface area contributed by atoms with Gasteiger partial charge in [0.2, 0.25) is 5.56 Å². The highest BCUT2D eigenvalue weighted by Crippen LogP contribution is 1.93. The average Bonchev–Trinajstić information content (AvgIpc) is 2.18. The summed E-state index contributed by atoms with van der Waals surface area (Å²) in [6.45, 7) is -0.0400. The molecule has 0 atom stereocenters. The second-order valence-corrected chi connectivity index (χ2v) is 2.71. The van der Waals surface area contributed by atoms with Crippen LogP contribution in [0.25, 0.3) is 0 Å². The Labute approximate surface area is 80.6 Å². The molecule has 0 aliphatic rings. The predicted octanol–water partition coefficient (Wildman–Crippen LogP) is -0.361. The zero-order valence-corrected chi connectivity index (χ0v) is 7.65. The monoisotopic (exact) mass is 191 g/mol. The molecule has 0 radical (unpaired) electrons. The second kappa shape index (κ2) is 4.23. The molecule has 0 aromatic carbocycles. The normalized spacial score (nSPS) is 9.14. The van der Waals surface area contributed by atoms with Crippen molar-refractivity contribution in [3.63, 3.8) is 0 Å². The van der Waals surface area contributed by atoms with Crippen molar-refractivity contribution in [1.29, 1.82) is 5.26 Å². The highest BCUT2D eigenvalue weighted by Gasteiger charge is 2.04. The Bertz CT molecular complexity index is 442. The molecular weight excluding hydrogens is 182 g/mol. The molecule has 0 aliphatic carbocycles. The summed E-state index contributed by atoms with van der Waals surface area (Å²) in [6, 6.07) is 4.53. The van der Waals surface area contributed by atoms with Crippen molar-refractivity contribution in [1.82, 2.24) is 9.88 Å². The SMILES string of the molecule is Cn1cc(C(=O)NCC#N)ccc1=O. The van der Waals surface area contributed by atoms with Crippen LogP contribution < -0.4 is 10.9 Å². The highest BCUT2D eigenvalue weighted by molar-refractivity contribution is 5.93. The molecule has 5 nitrogen and oxygen atoms in total. The van der Waals surface area contributed by atoms with Crippen LogP contribution in [-0.2, 0) is 7.05 Å². The van der Waals surface area contributed by atoms with Gasteiger partial charge in [-0.2, -0.15) is 5.26 Å². The minimum absolute atomic E-state index is 0.0400. The molecule has 0 saturated heterocycles. The largest absolute Gasteiger partial charge is 0.339 e. The number of carbonyl (C=O) groups is 1. The third-order valence-electron chi connectivity index (χ3n) is 1.68. The van der Waals surface area contributed by atoms with Crippen LogP contribution in [0.5, 0.6) is 0 Å². The van der Waals surface area contributed by atoms with E-state index in [-0.39, 0.29) is 18.0 Å². The number of hydrogen-bond acceptors (Lipinski definition) is 3. The lowest BCUT2D eigenvalue weighted by atomic mass is 10.2. The summed E-state index contributed by atoms with van der Waals surface area (Å²) >= 11 is 0. The first-order valence-corrected chi connectivity index (χ1v) is 3.97. The van der Waals surface area contributed by atoms with Gasteiger partial charge in [-0.05, 0) is 6.07 Å². The number of aromatic nitrogens is 1. The van der Waals surface area contributed by atoms with Crippen molar-refractivity contribution in [3.8, 4) is 6.07 Å². The summed E-state index contributed by atoms with van der Waals surface area (Å²) in [7, 11) is 1.56. The Morgan fingerprint density at radius 2 is 2.36 bits per heavy atom. The fourth-order valence-electron chi connectivity index (χ4n) is 0.950. The summed E-state index contributed by atoms with van der Waals surface area (Å²) in [5.74, 6) is -0.359. The molecule has 1 amide bonds. The summed E-state index contributed by atoms with van der Waals surface area (Å²) in [5, 5.41) is 10.6. The van der Waals surface area contributed by atoms with Gasteiger partial charge in [-0.15, -0.1) is 0 Å². The van der Waals surface area contributed by atoms with Crippen molar-refractivity contribution in [2.24, 2.45) is 7.05 Å². The summed E-state index contributed by atoms with van der Waals surface area (Å²) in [4.78, 5) is 22.3. The first-order chi connectivity index (χ1) is 6.65. The average molecular weight is 191 g/mol. The van der Waals surface area contributed by atoms with Crippen molar-refractivity contribution in [2.45, 2.75) is 0 Å². The molecule has 0 fully saturated rings. The molecule has 1 N–H and O–H groups in total. The molecule has 1 aromatic heterocycles. The van der Waals surface area contributed by atoms with Crippen molar-refractivity contribution >= 4 is 5.91 Å². The van der Waals surface area contributed by atoms with E-state index in [9.17, 15) is 9.59 Å². The lowest BCUT2D eigenvalue weighted by Crippen LogP contribution is -2.25. The Hall–Kier alpha value is -2.09. The summed E-state index contributed by atoms with van der Waals surface area (Å²) in [6.07, 6.45) is 1.43. The van der Waals surface area contributed by atoms with Crippen LogP contribution in [-0.4, -0.2) is 17.0 Å². The first kappa shape index (κ1) is 9.99. The van der Waals surface area contributed by atoms with Crippen LogP contribution in [0.1, 0.15) is 10.4 Å². The van der Waals surface area contributed by atoms with E-state index in [2.05, 4.69) is 5.32 Å². The number of hydrogen-bond donors (Lipinski definition) is 1. The van der Waals surface area contributed by atoms with Crippen molar-refractivity contribution < 1.29 is 4.79 Å². The zero-order valence-electron chi connectivity index (χ0n) is 7.65. The molecule has 1 rings (SSSR count). The standard InChI is InChI=1S/C9H9N3O2/c1-12-6-7(2-3-8(12)13)9(14)11-5-4-10/h2-3,6H,5H2,1H3,(H,11,14). The number of nitriles is 1. The van der Waals surface area contributed by atoms with E-state index in [0.717, 1.165) is 0 Å². The lowest BCUT2D eigenvalue weighted by Gasteiger charge is -2.02. The molecular formula is C9H9N3O2. The second-order valence-electron chi connectivity index (χ2n) is 2.71. The van der Waals surface area contributed by atoms with Gasteiger partial charge in [-0.1, -0.05) is 0 Å². The number of nitrogens with one attached hydrogen (secondary N) is 1. The third-order valence-corrected chi connectivity index (χ3v) is 1.68. The lowest BCUT2D eigenvalue weighted by molar-refractivity contribution is 0.0957. The van der Waals surface area contributed by atoms with E-state index in [1.165, 1.54) is 22.9 Å². The fourth-order valence-corrected chi connectivity index (χ4v) is 0.950. The number of aryl methyl sites for hydroxylation is 1. The van der Waals surface area contributed by atoms with Gasteiger partial charge in [0.1, 0.15) is 6.54 Å². The minimum atomic E-state index is -0.359. The summed E-state index contributed by atoms with van der Waals surface area (Å²) in [5.41, 5.74) is 0.184. The maximum Gasteiger partial charge on any atom is 0.253 e. The number of amides is 1. The molecule has 0 saturated carbocycles. The molecule has 1 heterocycles. The van der Waals surface area contributed by atoms with Crippen molar-refractivity contribution in [3.05, 3.63) is 34.2 Å². The van der Waals surface area contributed by atoms with Crippen molar-refractivity contribution in [2.75, 3.05) is 6.54 Å². The minimum Gasteiger partial charge on any atom is -0.339 e. The number of rotatable bonds is 2. The molecule has 1 aromatic rings. The van der Waals surface area contributed by atoms with Crippen LogP contribution >= 0.6 is 0 Å². The molecule has 5 heteroatoms. The predicted molar refractivity (Wildman–Crippen MR) is 49.6 cm³/mol. The quantitative estimate of drug-likeness (QED) is 0.648. The molecule has 0 aliphatic heterocycles. The molecule has 72 valence electrons. The van der Waals surface area contributed by atoms with Gasteiger partial charge < -0.3 is 9.88 Å². The summed E-state index contributed by atoms with van der Waals surface area (Å²) < 4.78 is 1.31. The van der Waals surface area contributed by atoms with E-state index >= 15 is 0 Å². The third kappa shape index (κ3) is 2.20. The number of nitrogens with zero attached hydrogens (tertiary/aromatic N) is 2. The fraction of sp³-hybridized carbons (Fsp3) is 0.222. The van der Waals surface area contributed by atoms with E-state index in [1.54, 1.807) is 13.1 Å². The molecule has 0 unspecified atom stereocenters. The van der Waals surface area contributed by atoms with Crippen LogP contribution in [0.15, 0.2) is 23.1 Å².